The third-order valence-electron chi connectivity index (χ3n) is 6.72. The fourth-order valence-corrected chi connectivity index (χ4v) is 6.10. The lowest BCUT2D eigenvalue weighted by atomic mass is 10.1. The maximum absolute atomic E-state index is 14.1. The summed E-state index contributed by atoms with van der Waals surface area (Å²) in [6.45, 7) is 5.05. The number of methoxy groups -OCH3 is 1. The smallest absolute Gasteiger partial charge is 0.264 e. The van der Waals surface area contributed by atoms with Gasteiger partial charge in [0.05, 0.1) is 22.7 Å². The monoisotopic (exact) mass is 619 g/mol. The zero-order valence-corrected chi connectivity index (χ0v) is 25.8. The van der Waals surface area contributed by atoms with E-state index in [1.807, 2.05) is 13.8 Å². The van der Waals surface area contributed by atoms with Gasteiger partial charge in [0.2, 0.25) is 11.8 Å². The van der Waals surface area contributed by atoms with Crippen LogP contribution in [-0.4, -0.2) is 50.9 Å². The summed E-state index contributed by atoms with van der Waals surface area (Å²) < 4.78 is 34.0. The molecule has 0 saturated carbocycles. The van der Waals surface area contributed by atoms with Crippen LogP contribution < -0.4 is 14.4 Å². The van der Waals surface area contributed by atoms with E-state index in [9.17, 15) is 18.0 Å². The normalized spacial score (nSPS) is 12.7. The molecule has 2 amide bonds. The maximum Gasteiger partial charge on any atom is 0.264 e. The Labute approximate surface area is 252 Å². The highest BCUT2D eigenvalue weighted by atomic mass is 35.5. The molecule has 2 unspecified atom stereocenters. The Kier molecular flexibility index (Phi) is 11.5. The third-order valence-corrected chi connectivity index (χ3v) is 9.17. The summed E-state index contributed by atoms with van der Waals surface area (Å²) in [7, 11) is -2.77. The van der Waals surface area contributed by atoms with Gasteiger partial charge in [-0.25, -0.2) is 8.42 Å². The molecule has 2 atom stereocenters. The maximum atomic E-state index is 14.1. The van der Waals surface area contributed by atoms with E-state index in [4.69, 9.17) is 27.9 Å². The van der Waals surface area contributed by atoms with Gasteiger partial charge in [-0.15, -0.1) is 0 Å². The van der Waals surface area contributed by atoms with Crippen LogP contribution in [-0.2, 0) is 26.2 Å². The van der Waals surface area contributed by atoms with E-state index in [2.05, 4.69) is 5.32 Å². The van der Waals surface area contributed by atoms with E-state index in [-0.39, 0.29) is 34.1 Å². The predicted octanol–water partition coefficient (Wildman–Crippen LogP) is 5.92. The number of amides is 2. The number of anilines is 1. The number of carbonyl (C=O) groups excluding carboxylic acids is 2. The lowest BCUT2D eigenvalue weighted by Gasteiger charge is -2.34. The van der Waals surface area contributed by atoms with Gasteiger partial charge in [-0.1, -0.05) is 73.4 Å². The van der Waals surface area contributed by atoms with Gasteiger partial charge < -0.3 is 15.0 Å². The number of carbonyl (C=O) groups is 2. The topological polar surface area (TPSA) is 96.0 Å². The van der Waals surface area contributed by atoms with Crippen molar-refractivity contribution in [2.75, 3.05) is 18.0 Å². The number of halogens is 2. The standard InChI is InChI=1S/C30H35Cl2N3O5S/c1-5-21(3)33-30(37)27(6-2)34(19-22-12-10-11-15-25(22)31)29(36)20-35(23-16-17-28(40-4)26(32)18-23)41(38,39)24-13-8-7-9-14-24/h7-18,21,27H,5-6,19-20H2,1-4H3,(H,33,37). The van der Waals surface area contributed by atoms with E-state index in [0.717, 1.165) is 4.31 Å². The Hall–Kier alpha value is -3.27. The molecule has 0 aliphatic rings. The molecular formula is C30H35Cl2N3O5S. The summed E-state index contributed by atoms with van der Waals surface area (Å²) in [5, 5.41) is 3.56. The SMILES string of the molecule is CCC(C)NC(=O)C(CC)N(Cc1ccccc1Cl)C(=O)CN(c1ccc(OC)c(Cl)c1)S(=O)(=O)c1ccccc1. The fraction of sp³-hybridized carbons (Fsp3) is 0.333. The summed E-state index contributed by atoms with van der Waals surface area (Å²) in [6.07, 6.45) is 1.01. The van der Waals surface area contributed by atoms with E-state index in [0.29, 0.717) is 29.2 Å². The second-order valence-corrected chi connectivity index (χ2v) is 12.2. The first kappa shape index (κ1) is 32.2. The molecule has 0 aromatic heterocycles. The van der Waals surface area contributed by atoms with Crippen LogP contribution in [0.15, 0.2) is 77.7 Å². The van der Waals surface area contributed by atoms with Crippen LogP contribution in [0.3, 0.4) is 0 Å². The van der Waals surface area contributed by atoms with E-state index >= 15 is 0 Å². The van der Waals surface area contributed by atoms with E-state index in [1.165, 1.54) is 42.3 Å². The van der Waals surface area contributed by atoms with Crippen molar-refractivity contribution in [1.82, 2.24) is 10.2 Å². The molecule has 41 heavy (non-hydrogen) atoms. The number of nitrogens with one attached hydrogen (secondary N) is 1. The van der Waals surface area contributed by atoms with E-state index in [1.54, 1.807) is 49.4 Å². The minimum Gasteiger partial charge on any atom is -0.495 e. The van der Waals surface area contributed by atoms with Gasteiger partial charge in [-0.05, 0) is 61.7 Å². The molecule has 0 aliphatic heterocycles. The van der Waals surface area contributed by atoms with Crippen molar-refractivity contribution in [2.45, 2.75) is 57.1 Å². The molecule has 0 radical (unpaired) electrons. The van der Waals surface area contributed by atoms with Crippen molar-refractivity contribution >= 4 is 50.7 Å². The average molecular weight is 621 g/mol. The second kappa shape index (κ2) is 14.6. The summed E-state index contributed by atoms with van der Waals surface area (Å²) in [4.78, 5) is 28.9. The van der Waals surface area contributed by atoms with Gasteiger partial charge >= 0.3 is 0 Å². The zero-order chi connectivity index (χ0) is 30.2. The van der Waals surface area contributed by atoms with E-state index < -0.39 is 28.5 Å². The highest BCUT2D eigenvalue weighted by Crippen LogP contribution is 2.32. The molecule has 0 spiro atoms. The molecule has 220 valence electrons. The van der Waals surface area contributed by atoms with Gasteiger partial charge in [0.25, 0.3) is 10.0 Å². The highest BCUT2D eigenvalue weighted by Gasteiger charge is 2.34. The Morgan fingerprint density at radius 1 is 0.927 bits per heavy atom. The van der Waals surface area contributed by atoms with Crippen molar-refractivity contribution in [3.05, 3.63) is 88.4 Å². The first-order valence-corrected chi connectivity index (χ1v) is 15.5. The van der Waals surface area contributed by atoms with Crippen molar-refractivity contribution < 1.29 is 22.7 Å². The number of benzene rings is 3. The Balaban J connectivity index is 2.09. The third kappa shape index (κ3) is 7.93. The molecule has 3 aromatic carbocycles. The van der Waals surface area contributed by atoms with Gasteiger partial charge in [0, 0.05) is 17.6 Å². The molecule has 3 rings (SSSR count). The van der Waals surface area contributed by atoms with Crippen LogP contribution in [0.1, 0.15) is 39.2 Å². The molecule has 1 N–H and O–H groups in total. The highest BCUT2D eigenvalue weighted by molar-refractivity contribution is 7.92. The summed E-state index contributed by atoms with van der Waals surface area (Å²) in [6, 6.07) is 18.3. The Morgan fingerprint density at radius 2 is 1.59 bits per heavy atom. The van der Waals surface area contributed by atoms with Crippen molar-refractivity contribution in [1.29, 1.82) is 0 Å². The lowest BCUT2D eigenvalue weighted by molar-refractivity contribution is -0.140. The van der Waals surface area contributed by atoms with Crippen LogP contribution in [0.4, 0.5) is 5.69 Å². The number of rotatable bonds is 13. The molecule has 8 nitrogen and oxygen atoms in total. The summed E-state index contributed by atoms with van der Waals surface area (Å²) in [5.41, 5.74) is 0.796. The number of hydrogen-bond acceptors (Lipinski definition) is 5. The summed E-state index contributed by atoms with van der Waals surface area (Å²) in [5.74, 6) is -0.554. The molecule has 0 bridgehead atoms. The number of nitrogens with zero attached hydrogens (tertiary/aromatic N) is 2. The Bertz CT molecular complexity index is 1450. The first-order chi connectivity index (χ1) is 19.5. The second-order valence-electron chi connectivity index (χ2n) is 9.50. The van der Waals surface area contributed by atoms with Crippen LogP contribution in [0.2, 0.25) is 10.0 Å². The van der Waals surface area contributed by atoms with Crippen LogP contribution in [0.25, 0.3) is 0 Å². The molecule has 0 saturated heterocycles. The average Bonchev–Trinajstić information content (AvgIpc) is 2.96. The van der Waals surface area contributed by atoms with Crippen LogP contribution in [0.5, 0.6) is 5.75 Å². The molecule has 0 aliphatic carbocycles. The first-order valence-electron chi connectivity index (χ1n) is 13.3. The van der Waals surface area contributed by atoms with Gasteiger partial charge in [0.15, 0.2) is 0 Å². The zero-order valence-electron chi connectivity index (χ0n) is 23.5. The largest absolute Gasteiger partial charge is 0.495 e. The van der Waals surface area contributed by atoms with Gasteiger partial charge in [-0.3, -0.25) is 13.9 Å². The Morgan fingerprint density at radius 3 is 2.17 bits per heavy atom. The van der Waals surface area contributed by atoms with Gasteiger partial charge in [0.1, 0.15) is 18.3 Å². The number of sulfonamides is 1. The molecule has 0 fully saturated rings. The number of ether oxygens (including phenoxy) is 1. The molecule has 11 heteroatoms. The number of hydrogen-bond donors (Lipinski definition) is 1. The van der Waals surface area contributed by atoms with Crippen LogP contribution in [0, 0.1) is 0 Å². The molecule has 0 heterocycles. The van der Waals surface area contributed by atoms with Crippen LogP contribution >= 0.6 is 23.2 Å². The lowest BCUT2D eigenvalue weighted by Crippen LogP contribution is -2.53. The van der Waals surface area contributed by atoms with Crippen molar-refractivity contribution in [3.63, 3.8) is 0 Å². The van der Waals surface area contributed by atoms with Gasteiger partial charge in [-0.2, -0.15) is 0 Å². The minimum atomic E-state index is -4.22. The van der Waals surface area contributed by atoms with Crippen molar-refractivity contribution in [3.8, 4) is 5.75 Å². The molecular weight excluding hydrogens is 585 g/mol. The van der Waals surface area contributed by atoms with Crippen molar-refractivity contribution in [2.24, 2.45) is 0 Å². The minimum absolute atomic E-state index is 0.000973. The fourth-order valence-electron chi connectivity index (χ4n) is 4.23. The molecule has 3 aromatic rings. The predicted molar refractivity (Wildman–Crippen MR) is 163 cm³/mol. The quantitative estimate of drug-likeness (QED) is 0.256. The summed E-state index contributed by atoms with van der Waals surface area (Å²) >= 11 is 12.8.